The van der Waals surface area contributed by atoms with Gasteiger partial charge in [-0.25, -0.2) is 4.98 Å². The van der Waals surface area contributed by atoms with Crippen molar-refractivity contribution in [2.75, 3.05) is 0 Å². The van der Waals surface area contributed by atoms with Gasteiger partial charge in [0.05, 0.1) is 17.0 Å². The highest BCUT2D eigenvalue weighted by atomic mass is 79.9. The number of carbonyl (C=O) groups is 1. The third-order valence-electron chi connectivity index (χ3n) is 3.22. The van der Waals surface area contributed by atoms with Crippen LogP contribution in [0, 0.1) is 12.8 Å². The highest BCUT2D eigenvalue weighted by Crippen LogP contribution is 2.46. The van der Waals surface area contributed by atoms with Crippen molar-refractivity contribution >= 4 is 32.9 Å². The van der Waals surface area contributed by atoms with Crippen LogP contribution in [0.2, 0.25) is 0 Å². The zero-order valence-electron chi connectivity index (χ0n) is 9.20. The Hall–Kier alpha value is -1.36. The van der Waals surface area contributed by atoms with Gasteiger partial charge in [-0.1, -0.05) is 15.9 Å². The van der Waals surface area contributed by atoms with Crippen molar-refractivity contribution in [3.05, 3.63) is 28.0 Å². The van der Waals surface area contributed by atoms with E-state index in [2.05, 4.69) is 25.9 Å². The lowest BCUT2D eigenvalue weighted by Crippen LogP contribution is -1.99. The Morgan fingerprint density at radius 1 is 1.59 bits per heavy atom. The molecule has 0 saturated heterocycles. The summed E-state index contributed by atoms with van der Waals surface area (Å²) in [4.78, 5) is 18.6. The Morgan fingerprint density at radius 2 is 2.35 bits per heavy atom. The van der Waals surface area contributed by atoms with Crippen LogP contribution in [-0.4, -0.2) is 21.0 Å². The van der Waals surface area contributed by atoms with Gasteiger partial charge >= 0.3 is 5.97 Å². The maximum Gasteiger partial charge on any atom is 0.307 e. The van der Waals surface area contributed by atoms with Crippen molar-refractivity contribution in [2.24, 2.45) is 5.92 Å². The van der Waals surface area contributed by atoms with Crippen LogP contribution in [-0.2, 0) is 4.79 Å². The lowest BCUT2D eigenvalue weighted by molar-refractivity contribution is -0.138. The number of benzene rings is 1. The Balaban J connectivity index is 2.03. The lowest BCUT2D eigenvalue weighted by Gasteiger charge is -1.94. The number of rotatable bonds is 2. The van der Waals surface area contributed by atoms with E-state index < -0.39 is 5.97 Å². The van der Waals surface area contributed by atoms with Gasteiger partial charge in [0.1, 0.15) is 5.82 Å². The number of hydrogen-bond donors (Lipinski definition) is 2. The second-order valence-corrected chi connectivity index (χ2v) is 5.44. The molecule has 2 aromatic rings. The number of aliphatic carboxylic acids is 1. The smallest absolute Gasteiger partial charge is 0.307 e. The van der Waals surface area contributed by atoms with Crippen molar-refractivity contribution < 1.29 is 9.90 Å². The van der Waals surface area contributed by atoms with E-state index >= 15 is 0 Å². The van der Waals surface area contributed by atoms with E-state index in [4.69, 9.17) is 5.11 Å². The average Bonchev–Trinajstić information content (AvgIpc) is 2.93. The molecule has 1 aliphatic rings. The predicted molar refractivity (Wildman–Crippen MR) is 67.0 cm³/mol. The molecule has 1 heterocycles. The van der Waals surface area contributed by atoms with Gasteiger partial charge in [-0.15, -0.1) is 0 Å². The Bertz CT molecular complexity index is 620. The van der Waals surface area contributed by atoms with Gasteiger partial charge in [0.25, 0.3) is 0 Å². The number of nitrogens with zero attached hydrogens (tertiary/aromatic N) is 1. The van der Waals surface area contributed by atoms with Crippen LogP contribution in [0.1, 0.15) is 23.7 Å². The Morgan fingerprint density at radius 3 is 3.00 bits per heavy atom. The molecule has 2 N–H and O–H groups in total. The first-order valence-electron chi connectivity index (χ1n) is 5.45. The zero-order chi connectivity index (χ0) is 12.2. The molecule has 0 bridgehead atoms. The fraction of sp³-hybridized carbons (Fsp3) is 0.333. The van der Waals surface area contributed by atoms with E-state index in [0.29, 0.717) is 6.42 Å². The Kier molecular flexibility index (Phi) is 2.26. The maximum absolute atomic E-state index is 10.8. The third kappa shape index (κ3) is 1.74. The number of carboxylic acids is 1. The lowest BCUT2D eigenvalue weighted by atomic mass is 10.2. The minimum absolute atomic E-state index is 0.0538. The van der Waals surface area contributed by atoms with E-state index in [0.717, 1.165) is 26.9 Å². The summed E-state index contributed by atoms with van der Waals surface area (Å²) < 4.78 is 1.00. The number of imidazole rings is 1. The molecule has 17 heavy (non-hydrogen) atoms. The molecular formula is C12H11BrN2O2. The molecule has 0 amide bonds. The van der Waals surface area contributed by atoms with E-state index in [1.54, 1.807) is 0 Å². The van der Waals surface area contributed by atoms with Gasteiger partial charge in [0.15, 0.2) is 0 Å². The van der Waals surface area contributed by atoms with Crippen molar-refractivity contribution in [3.8, 4) is 0 Å². The molecule has 5 heteroatoms. The highest BCUT2D eigenvalue weighted by Gasteiger charge is 2.46. The van der Waals surface area contributed by atoms with Crippen molar-refractivity contribution in [1.82, 2.24) is 9.97 Å². The summed E-state index contributed by atoms with van der Waals surface area (Å²) in [7, 11) is 0. The molecular weight excluding hydrogens is 284 g/mol. The SMILES string of the molecule is Cc1cc(Br)cc2[nH]c(C3CC3C(=O)O)nc12. The van der Waals surface area contributed by atoms with Crippen LogP contribution in [0.25, 0.3) is 11.0 Å². The first-order valence-corrected chi connectivity index (χ1v) is 6.24. The number of aromatic amines is 1. The molecule has 0 spiro atoms. The highest BCUT2D eigenvalue weighted by molar-refractivity contribution is 9.10. The van der Waals surface area contributed by atoms with Crippen LogP contribution in [0.5, 0.6) is 0 Å². The predicted octanol–water partition coefficient (Wildman–Crippen LogP) is 2.82. The number of nitrogens with one attached hydrogen (secondary N) is 1. The third-order valence-corrected chi connectivity index (χ3v) is 3.68. The number of aryl methyl sites for hydroxylation is 1. The van der Waals surface area contributed by atoms with E-state index in [9.17, 15) is 4.79 Å². The van der Waals surface area contributed by atoms with E-state index in [1.807, 2.05) is 19.1 Å². The topological polar surface area (TPSA) is 66.0 Å². The molecule has 1 saturated carbocycles. The monoisotopic (exact) mass is 294 g/mol. The second kappa shape index (κ2) is 3.57. The van der Waals surface area contributed by atoms with Crippen molar-refractivity contribution in [2.45, 2.75) is 19.3 Å². The number of carboxylic acid groups (broad SMARTS) is 1. The fourth-order valence-corrected chi connectivity index (χ4v) is 2.78. The molecule has 1 aromatic heterocycles. The normalized spacial score (nSPS) is 22.9. The van der Waals surface area contributed by atoms with Crippen LogP contribution < -0.4 is 0 Å². The van der Waals surface area contributed by atoms with Crippen molar-refractivity contribution in [3.63, 3.8) is 0 Å². The van der Waals surface area contributed by atoms with Crippen LogP contribution in [0.15, 0.2) is 16.6 Å². The maximum atomic E-state index is 10.8. The minimum Gasteiger partial charge on any atom is -0.481 e. The summed E-state index contributed by atoms with van der Waals surface area (Å²) in [6, 6.07) is 3.98. The number of halogens is 1. The summed E-state index contributed by atoms with van der Waals surface area (Å²) in [5.74, 6) is -0.139. The fourth-order valence-electron chi connectivity index (χ4n) is 2.21. The number of H-pyrrole nitrogens is 1. The molecule has 1 aliphatic carbocycles. The van der Waals surface area contributed by atoms with Crippen LogP contribution >= 0.6 is 15.9 Å². The largest absolute Gasteiger partial charge is 0.481 e. The molecule has 3 rings (SSSR count). The minimum atomic E-state index is -0.728. The summed E-state index contributed by atoms with van der Waals surface area (Å²) in [5.41, 5.74) is 2.98. The molecule has 1 fully saturated rings. The zero-order valence-corrected chi connectivity index (χ0v) is 10.8. The van der Waals surface area contributed by atoms with E-state index in [1.165, 1.54) is 0 Å². The van der Waals surface area contributed by atoms with E-state index in [-0.39, 0.29) is 11.8 Å². The average molecular weight is 295 g/mol. The van der Waals surface area contributed by atoms with Crippen LogP contribution in [0.4, 0.5) is 0 Å². The second-order valence-electron chi connectivity index (χ2n) is 4.53. The number of hydrogen-bond acceptors (Lipinski definition) is 2. The molecule has 4 nitrogen and oxygen atoms in total. The Labute approximate surface area is 106 Å². The molecule has 0 aliphatic heterocycles. The summed E-state index contributed by atoms with van der Waals surface area (Å²) >= 11 is 3.44. The standard InChI is InChI=1S/C12H11BrN2O2/c1-5-2-6(13)3-9-10(5)15-11(14-9)7-4-8(7)12(16)17/h2-3,7-8H,4H2,1H3,(H,14,15)(H,16,17). The molecule has 2 atom stereocenters. The first kappa shape index (κ1) is 10.8. The van der Waals surface area contributed by atoms with Gasteiger partial charge in [-0.05, 0) is 31.0 Å². The van der Waals surface area contributed by atoms with Gasteiger partial charge < -0.3 is 10.1 Å². The summed E-state index contributed by atoms with van der Waals surface area (Å²) in [6.07, 6.45) is 0.690. The number of fused-ring (bicyclic) bond motifs is 1. The van der Waals surface area contributed by atoms with Gasteiger partial charge in [0, 0.05) is 10.4 Å². The van der Waals surface area contributed by atoms with Gasteiger partial charge in [-0.2, -0.15) is 0 Å². The van der Waals surface area contributed by atoms with Crippen LogP contribution in [0.3, 0.4) is 0 Å². The molecule has 0 radical (unpaired) electrons. The summed E-state index contributed by atoms with van der Waals surface area (Å²) in [6.45, 7) is 2.00. The quantitative estimate of drug-likeness (QED) is 0.895. The van der Waals surface area contributed by atoms with Gasteiger partial charge in [0.2, 0.25) is 0 Å². The molecule has 88 valence electrons. The summed E-state index contributed by atoms with van der Waals surface area (Å²) in [5, 5.41) is 8.91. The number of aromatic nitrogens is 2. The van der Waals surface area contributed by atoms with Gasteiger partial charge in [-0.3, -0.25) is 4.79 Å². The molecule has 2 unspecified atom stereocenters. The van der Waals surface area contributed by atoms with Crippen molar-refractivity contribution in [1.29, 1.82) is 0 Å². The first-order chi connectivity index (χ1) is 8.06. The molecule has 1 aromatic carbocycles.